The van der Waals surface area contributed by atoms with Crippen molar-refractivity contribution in [3.63, 3.8) is 0 Å². The van der Waals surface area contributed by atoms with Crippen molar-refractivity contribution in [2.24, 2.45) is 12.5 Å². The average molecular weight is 488 g/mol. The Labute approximate surface area is 207 Å². The third-order valence-electron chi connectivity index (χ3n) is 7.16. The Bertz CT molecular complexity index is 1420. The van der Waals surface area contributed by atoms with Gasteiger partial charge in [0.2, 0.25) is 0 Å². The Hall–Kier alpha value is -4.08. The van der Waals surface area contributed by atoms with E-state index in [-0.39, 0.29) is 29.1 Å². The summed E-state index contributed by atoms with van der Waals surface area (Å²) in [6.45, 7) is 2.46. The van der Waals surface area contributed by atoms with Gasteiger partial charge in [-0.3, -0.25) is 9.36 Å². The molecule has 1 atom stereocenters. The summed E-state index contributed by atoms with van der Waals surface area (Å²) in [4.78, 5) is 21.1. The van der Waals surface area contributed by atoms with Crippen LogP contribution in [0.3, 0.4) is 0 Å². The monoisotopic (exact) mass is 487 g/mol. The first-order valence-corrected chi connectivity index (χ1v) is 12.1. The third kappa shape index (κ3) is 3.82. The first-order chi connectivity index (χ1) is 17.5. The number of aromatic nitrogens is 6. The van der Waals surface area contributed by atoms with Gasteiger partial charge in [-0.2, -0.15) is 0 Å². The fraction of sp³-hybridized carbons (Fsp3) is 0.346. The summed E-state index contributed by atoms with van der Waals surface area (Å²) in [5, 5.41) is 12.0. The molecule has 9 nitrogen and oxygen atoms in total. The van der Waals surface area contributed by atoms with E-state index in [1.807, 2.05) is 26.1 Å². The Kier molecular flexibility index (Phi) is 5.31. The maximum absolute atomic E-state index is 14.9. The van der Waals surface area contributed by atoms with E-state index < -0.39 is 0 Å². The number of carbonyl (C=O) groups excluding carboxylic acids is 1. The maximum atomic E-state index is 14.9. The summed E-state index contributed by atoms with van der Waals surface area (Å²) in [6, 6.07) is 10.4. The normalized spacial score (nSPS) is 22.3. The van der Waals surface area contributed by atoms with E-state index in [1.54, 1.807) is 46.1 Å². The lowest BCUT2D eigenvalue weighted by atomic mass is 9.70. The molecule has 36 heavy (non-hydrogen) atoms. The number of nitrogens with one attached hydrogen (secondary N) is 1. The minimum absolute atomic E-state index is 0.0542. The molecule has 1 spiro atoms. The van der Waals surface area contributed by atoms with Crippen molar-refractivity contribution < 1.29 is 13.9 Å². The predicted molar refractivity (Wildman–Crippen MR) is 129 cm³/mol. The second kappa shape index (κ2) is 8.54. The van der Waals surface area contributed by atoms with E-state index in [0.29, 0.717) is 41.1 Å². The Morgan fingerprint density at radius 3 is 2.69 bits per heavy atom. The smallest absolute Gasteiger partial charge is 0.271 e. The lowest BCUT2D eigenvalue weighted by Crippen LogP contribution is -2.36. The number of nitrogens with zero attached hydrogens (tertiary/aromatic N) is 6. The number of hydrogen-bond donors (Lipinski definition) is 1. The molecule has 6 rings (SSSR count). The predicted octanol–water partition coefficient (Wildman–Crippen LogP) is 3.67. The van der Waals surface area contributed by atoms with Gasteiger partial charge in [0, 0.05) is 25.2 Å². The van der Waals surface area contributed by atoms with Crippen molar-refractivity contribution in [3.05, 3.63) is 72.5 Å². The molecule has 2 fully saturated rings. The highest BCUT2D eigenvalue weighted by Crippen LogP contribution is 2.66. The van der Waals surface area contributed by atoms with Gasteiger partial charge in [0.25, 0.3) is 5.91 Å². The highest BCUT2D eigenvalue weighted by molar-refractivity contribution is 5.92. The zero-order chi connectivity index (χ0) is 24.9. The molecule has 0 radical (unpaired) electrons. The summed E-state index contributed by atoms with van der Waals surface area (Å²) < 4.78 is 24.0. The van der Waals surface area contributed by atoms with E-state index in [9.17, 15) is 9.18 Å². The van der Waals surface area contributed by atoms with Crippen LogP contribution in [0, 0.1) is 11.2 Å². The number of ether oxygens (including phenoxy) is 1. The van der Waals surface area contributed by atoms with E-state index >= 15 is 0 Å². The van der Waals surface area contributed by atoms with Crippen LogP contribution in [0.15, 0.2) is 55.1 Å². The van der Waals surface area contributed by atoms with Crippen LogP contribution >= 0.6 is 0 Å². The first kappa shape index (κ1) is 22.4. The minimum atomic E-state index is -0.355. The van der Waals surface area contributed by atoms with Crippen LogP contribution in [0.4, 0.5) is 4.39 Å². The van der Waals surface area contributed by atoms with E-state index in [2.05, 4.69) is 25.5 Å². The number of aryl methyl sites for hydroxylation is 1. The third-order valence-corrected chi connectivity index (χ3v) is 7.16. The van der Waals surface area contributed by atoms with Gasteiger partial charge in [0.15, 0.2) is 5.82 Å². The lowest BCUT2D eigenvalue weighted by molar-refractivity contribution is 0.0928. The van der Waals surface area contributed by atoms with Crippen LogP contribution in [-0.4, -0.2) is 47.9 Å². The number of pyridine rings is 1. The first-order valence-electron chi connectivity index (χ1n) is 12.1. The number of halogens is 1. The van der Waals surface area contributed by atoms with Crippen molar-refractivity contribution in [2.45, 2.75) is 38.1 Å². The largest absolute Gasteiger partial charge is 0.492 e. The molecule has 10 heteroatoms. The fourth-order valence-corrected chi connectivity index (χ4v) is 5.23. The van der Waals surface area contributed by atoms with Crippen LogP contribution in [0.5, 0.6) is 5.75 Å². The Morgan fingerprint density at radius 1 is 1.17 bits per heavy atom. The number of imidazole rings is 1. The van der Waals surface area contributed by atoms with Crippen molar-refractivity contribution in [3.8, 4) is 23.0 Å². The molecule has 4 aromatic rings. The Balaban J connectivity index is 1.25. The van der Waals surface area contributed by atoms with Gasteiger partial charge < -0.3 is 14.6 Å². The molecule has 2 saturated carbocycles. The SMILES string of the molecule is CCOc1ccc(-c2nnc(C3CC4(C3)CC4NC(=O)c3cn(C)cn3)n2-c2ccccc2F)nc1. The topological polar surface area (TPSA) is 99.8 Å². The molecule has 0 aliphatic heterocycles. The molecule has 1 aromatic carbocycles. The van der Waals surface area contributed by atoms with E-state index in [0.717, 1.165) is 19.3 Å². The molecule has 3 heterocycles. The van der Waals surface area contributed by atoms with E-state index in [4.69, 9.17) is 4.74 Å². The van der Waals surface area contributed by atoms with Gasteiger partial charge in [-0.05, 0) is 55.9 Å². The minimum Gasteiger partial charge on any atom is -0.492 e. The fourth-order valence-electron chi connectivity index (χ4n) is 5.23. The zero-order valence-electron chi connectivity index (χ0n) is 20.1. The second-order valence-corrected chi connectivity index (χ2v) is 9.60. The van der Waals surface area contributed by atoms with Gasteiger partial charge in [-0.1, -0.05) is 12.1 Å². The van der Waals surface area contributed by atoms with Crippen LogP contribution in [0.25, 0.3) is 17.2 Å². The van der Waals surface area contributed by atoms with Crippen LogP contribution < -0.4 is 10.1 Å². The van der Waals surface area contributed by atoms with Crippen LogP contribution in [0.2, 0.25) is 0 Å². The summed E-state index contributed by atoms with van der Waals surface area (Å²) in [6.07, 6.45) is 7.58. The number of benzene rings is 1. The Morgan fingerprint density at radius 2 is 2.00 bits per heavy atom. The molecule has 1 amide bonds. The molecule has 1 N–H and O–H groups in total. The van der Waals surface area contributed by atoms with Gasteiger partial charge in [0.1, 0.15) is 28.8 Å². The second-order valence-electron chi connectivity index (χ2n) is 9.60. The summed E-state index contributed by atoms with van der Waals surface area (Å²) in [5.41, 5.74) is 1.45. The van der Waals surface area contributed by atoms with Gasteiger partial charge in [-0.25, -0.2) is 14.4 Å². The standard InChI is InChI=1S/C26H26FN7O2/c1-3-36-17-8-9-19(28-13-17)24-32-31-23(34(24)21-7-5-4-6-18(21)27)16-10-26(11-16)12-22(26)30-25(35)20-14-33(2)15-29-20/h4-9,13-16,22H,3,10-12H2,1-2H3,(H,30,35). The number of carbonyl (C=O) groups is 1. The van der Waals surface area contributed by atoms with E-state index in [1.165, 1.54) is 6.07 Å². The van der Waals surface area contributed by atoms with Crippen molar-refractivity contribution >= 4 is 5.91 Å². The van der Waals surface area contributed by atoms with Gasteiger partial charge in [-0.15, -0.1) is 10.2 Å². The number of rotatable bonds is 7. The zero-order valence-corrected chi connectivity index (χ0v) is 20.1. The number of hydrogen-bond acceptors (Lipinski definition) is 6. The number of amides is 1. The highest BCUT2D eigenvalue weighted by atomic mass is 19.1. The summed E-state index contributed by atoms with van der Waals surface area (Å²) in [7, 11) is 1.84. The molecular formula is C26H26FN7O2. The molecule has 0 bridgehead atoms. The van der Waals surface area contributed by atoms with Crippen LogP contribution in [-0.2, 0) is 7.05 Å². The summed E-state index contributed by atoms with van der Waals surface area (Å²) >= 11 is 0. The average Bonchev–Trinajstić information content (AvgIpc) is 3.16. The summed E-state index contributed by atoms with van der Waals surface area (Å²) in [5.74, 6) is 1.44. The lowest BCUT2D eigenvalue weighted by Gasteiger charge is -2.36. The van der Waals surface area contributed by atoms with Gasteiger partial charge in [0.05, 0.1) is 24.8 Å². The molecular weight excluding hydrogens is 461 g/mol. The molecule has 1 unspecified atom stereocenters. The number of para-hydroxylation sites is 1. The quantitative estimate of drug-likeness (QED) is 0.427. The van der Waals surface area contributed by atoms with Crippen molar-refractivity contribution in [1.82, 2.24) is 34.6 Å². The highest BCUT2D eigenvalue weighted by Gasteiger charge is 2.63. The molecule has 2 aliphatic rings. The molecule has 3 aromatic heterocycles. The van der Waals surface area contributed by atoms with Crippen molar-refractivity contribution in [1.29, 1.82) is 0 Å². The van der Waals surface area contributed by atoms with Crippen LogP contribution in [0.1, 0.15) is 48.4 Å². The molecule has 0 saturated heterocycles. The van der Waals surface area contributed by atoms with Gasteiger partial charge >= 0.3 is 0 Å². The molecule has 184 valence electrons. The maximum Gasteiger partial charge on any atom is 0.271 e. The molecule has 2 aliphatic carbocycles. The van der Waals surface area contributed by atoms with Crippen molar-refractivity contribution in [2.75, 3.05) is 6.61 Å².